The Bertz CT molecular complexity index is 730. The molecule has 1 N–H and O–H groups in total. The Balaban J connectivity index is 1.82. The Hall–Kier alpha value is -1.80. The average Bonchev–Trinajstić information content (AvgIpc) is 3.06. The van der Waals surface area contributed by atoms with Gasteiger partial charge in [0.2, 0.25) is 12.7 Å². The summed E-state index contributed by atoms with van der Waals surface area (Å²) in [5, 5.41) is 2.89. The van der Waals surface area contributed by atoms with Gasteiger partial charge in [-0.25, -0.2) is 0 Å². The Morgan fingerprint density at radius 3 is 2.91 bits per heavy atom. The van der Waals surface area contributed by atoms with E-state index < -0.39 is 0 Å². The van der Waals surface area contributed by atoms with Crippen LogP contribution in [0.3, 0.4) is 0 Å². The number of carbonyl (C=O) groups excluding carboxylic acids is 2. The predicted octanol–water partition coefficient (Wildman–Crippen LogP) is 2.67. The molecule has 0 atom stereocenters. The summed E-state index contributed by atoms with van der Waals surface area (Å²) in [7, 11) is 0. The van der Waals surface area contributed by atoms with E-state index in [0.717, 1.165) is 21.8 Å². The smallest absolute Gasteiger partial charge is 0.286 e. The largest absolute Gasteiger partial charge is 0.454 e. The molecule has 2 heterocycles. The number of amidine groups is 1. The van der Waals surface area contributed by atoms with Crippen LogP contribution in [-0.4, -0.2) is 23.8 Å². The number of thioether (sulfide) groups is 1. The first-order valence-corrected chi connectivity index (χ1v) is 8.09. The summed E-state index contributed by atoms with van der Waals surface area (Å²) in [6, 6.07) is 3.58. The molecule has 2 aliphatic rings. The second kappa shape index (κ2) is 6.13. The Kier molecular flexibility index (Phi) is 4.21. The van der Waals surface area contributed by atoms with Crippen molar-refractivity contribution in [3.63, 3.8) is 0 Å². The van der Waals surface area contributed by atoms with Crippen LogP contribution in [0.25, 0.3) is 6.08 Å². The molecule has 0 radical (unpaired) electrons. The zero-order chi connectivity index (χ0) is 15.7. The number of nitrogens with one attached hydrogen (secondary N) is 1. The minimum Gasteiger partial charge on any atom is -0.454 e. The fraction of sp³-hybridized carbons (Fsp3) is 0.214. The van der Waals surface area contributed by atoms with Crippen LogP contribution < -0.4 is 14.8 Å². The Morgan fingerprint density at radius 2 is 2.18 bits per heavy atom. The van der Waals surface area contributed by atoms with Gasteiger partial charge in [0.1, 0.15) is 0 Å². The first kappa shape index (κ1) is 15.1. The number of benzene rings is 1. The number of hydrogen-bond donors (Lipinski definition) is 1. The van der Waals surface area contributed by atoms with Crippen molar-refractivity contribution in [1.82, 2.24) is 5.32 Å². The zero-order valence-electron chi connectivity index (χ0n) is 11.5. The van der Waals surface area contributed by atoms with Crippen molar-refractivity contribution in [1.29, 1.82) is 0 Å². The molecule has 22 heavy (non-hydrogen) atoms. The van der Waals surface area contributed by atoms with Gasteiger partial charge in [-0.2, -0.15) is 4.99 Å². The third kappa shape index (κ3) is 3.02. The molecule has 0 unspecified atom stereocenters. The summed E-state index contributed by atoms with van der Waals surface area (Å²) in [5.74, 6) is 0.739. The standard InChI is InChI=1S/C14H11BrN2O4S/c1-2-12(18)16-14-17-13(19)11(22-14)4-7-3-9-10(5-8(7)15)21-6-20-9/h3-5H,2,6H2,1H3,(H,16,17,18,19). The maximum atomic E-state index is 11.9. The van der Waals surface area contributed by atoms with Gasteiger partial charge in [0.15, 0.2) is 16.7 Å². The first-order valence-electron chi connectivity index (χ1n) is 6.48. The molecule has 0 bridgehead atoms. The van der Waals surface area contributed by atoms with E-state index in [1.54, 1.807) is 25.1 Å². The van der Waals surface area contributed by atoms with Crippen molar-refractivity contribution in [2.45, 2.75) is 13.3 Å². The molecule has 1 aromatic rings. The van der Waals surface area contributed by atoms with Crippen molar-refractivity contribution >= 4 is 50.7 Å². The van der Waals surface area contributed by atoms with E-state index >= 15 is 0 Å². The van der Waals surface area contributed by atoms with Crippen LogP contribution in [0, 0.1) is 0 Å². The molecule has 0 saturated heterocycles. The summed E-state index contributed by atoms with van der Waals surface area (Å²) >= 11 is 4.57. The third-order valence-corrected chi connectivity index (χ3v) is 4.55. The van der Waals surface area contributed by atoms with E-state index in [1.165, 1.54) is 0 Å². The number of ether oxygens (including phenoxy) is 2. The third-order valence-electron chi connectivity index (χ3n) is 2.97. The molecule has 3 rings (SSSR count). The maximum Gasteiger partial charge on any atom is 0.286 e. The summed E-state index contributed by atoms with van der Waals surface area (Å²) in [5.41, 5.74) is 0.776. The van der Waals surface area contributed by atoms with E-state index in [-0.39, 0.29) is 18.6 Å². The van der Waals surface area contributed by atoms with Crippen molar-refractivity contribution in [2.75, 3.05) is 6.79 Å². The Labute approximate surface area is 139 Å². The predicted molar refractivity (Wildman–Crippen MR) is 86.7 cm³/mol. The van der Waals surface area contributed by atoms with Gasteiger partial charge >= 0.3 is 0 Å². The number of amides is 2. The number of rotatable bonds is 2. The van der Waals surface area contributed by atoms with E-state index in [2.05, 4.69) is 26.2 Å². The van der Waals surface area contributed by atoms with Crippen LogP contribution in [-0.2, 0) is 9.59 Å². The van der Waals surface area contributed by atoms with Gasteiger partial charge in [-0.05, 0) is 35.5 Å². The number of fused-ring (bicyclic) bond motifs is 1. The van der Waals surface area contributed by atoms with Crippen LogP contribution in [0.2, 0.25) is 0 Å². The van der Waals surface area contributed by atoms with Gasteiger partial charge in [0.05, 0.1) is 4.91 Å². The maximum absolute atomic E-state index is 11.9. The summed E-state index contributed by atoms with van der Waals surface area (Å²) in [6.45, 7) is 1.92. The molecule has 8 heteroatoms. The number of aliphatic imine (C=N–C) groups is 1. The molecule has 2 aliphatic heterocycles. The topological polar surface area (TPSA) is 77.0 Å². The molecule has 0 aliphatic carbocycles. The molecule has 0 saturated carbocycles. The molecule has 0 spiro atoms. The first-order chi connectivity index (χ1) is 10.6. The minimum absolute atomic E-state index is 0.176. The SMILES string of the molecule is CCC(=O)NC1=NC(=O)C(=Cc2cc3c(cc2Br)OCO3)S1. The second-order valence-electron chi connectivity index (χ2n) is 4.46. The van der Waals surface area contributed by atoms with Crippen LogP contribution >= 0.6 is 27.7 Å². The van der Waals surface area contributed by atoms with E-state index in [1.807, 2.05) is 0 Å². The highest BCUT2D eigenvalue weighted by Crippen LogP contribution is 2.39. The molecule has 0 aromatic heterocycles. The highest BCUT2D eigenvalue weighted by molar-refractivity contribution is 9.10. The molecule has 6 nitrogen and oxygen atoms in total. The fourth-order valence-electron chi connectivity index (χ4n) is 1.86. The number of nitrogens with zero attached hydrogens (tertiary/aromatic N) is 1. The number of carbonyl (C=O) groups is 2. The lowest BCUT2D eigenvalue weighted by atomic mass is 10.2. The summed E-state index contributed by atoms with van der Waals surface area (Å²) < 4.78 is 11.4. The van der Waals surface area contributed by atoms with Crippen LogP contribution in [0.1, 0.15) is 18.9 Å². The molecular formula is C14H11BrN2O4S. The highest BCUT2D eigenvalue weighted by atomic mass is 79.9. The lowest BCUT2D eigenvalue weighted by molar-refractivity contribution is -0.119. The van der Waals surface area contributed by atoms with E-state index in [4.69, 9.17) is 9.47 Å². The second-order valence-corrected chi connectivity index (χ2v) is 6.35. The molecule has 1 aromatic carbocycles. The van der Waals surface area contributed by atoms with E-state index in [9.17, 15) is 9.59 Å². The van der Waals surface area contributed by atoms with Crippen LogP contribution in [0.4, 0.5) is 0 Å². The number of halogens is 1. The highest BCUT2D eigenvalue weighted by Gasteiger charge is 2.24. The number of hydrogen-bond acceptors (Lipinski definition) is 5. The molecule has 114 valence electrons. The van der Waals surface area contributed by atoms with Gasteiger partial charge in [0.25, 0.3) is 5.91 Å². The summed E-state index contributed by atoms with van der Waals surface area (Å²) in [4.78, 5) is 27.5. The van der Waals surface area contributed by atoms with Gasteiger partial charge in [-0.1, -0.05) is 22.9 Å². The lowest BCUT2D eigenvalue weighted by Gasteiger charge is -2.03. The van der Waals surface area contributed by atoms with Gasteiger partial charge in [-0.15, -0.1) is 0 Å². The average molecular weight is 383 g/mol. The van der Waals surface area contributed by atoms with Crippen molar-refractivity contribution in [3.05, 3.63) is 27.1 Å². The zero-order valence-corrected chi connectivity index (χ0v) is 13.9. The minimum atomic E-state index is -0.374. The van der Waals surface area contributed by atoms with Gasteiger partial charge in [0, 0.05) is 10.9 Å². The molecular weight excluding hydrogens is 372 g/mol. The fourth-order valence-corrected chi connectivity index (χ4v) is 3.11. The summed E-state index contributed by atoms with van der Waals surface area (Å²) in [6.07, 6.45) is 2.04. The van der Waals surface area contributed by atoms with Crippen LogP contribution in [0.15, 0.2) is 26.5 Å². The Morgan fingerprint density at radius 1 is 1.45 bits per heavy atom. The molecule has 0 fully saturated rings. The van der Waals surface area contributed by atoms with E-state index in [0.29, 0.717) is 28.0 Å². The van der Waals surface area contributed by atoms with Crippen molar-refractivity contribution in [2.24, 2.45) is 4.99 Å². The van der Waals surface area contributed by atoms with Gasteiger partial charge < -0.3 is 14.8 Å². The normalized spacial score (nSPS) is 17.8. The monoisotopic (exact) mass is 382 g/mol. The van der Waals surface area contributed by atoms with Gasteiger partial charge in [-0.3, -0.25) is 9.59 Å². The van der Waals surface area contributed by atoms with Crippen molar-refractivity contribution in [3.8, 4) is 11.5 Å². The lowest BCUT2D eigenvalue weighted by Crippen LogP contribution is -2.26. The molecule has 2 amide bonds. The quantitative estimate of drug-likeness (QED) is 0.795. The van der Waals surface area contributed by atoms with Crippen molar-refractivity contribution < 1.29 is 19.1 Å². The van der Waals surface area contributed by atoms with Crippen LogP contribution in [0.5, 0.6) is 11.5 Å².